The van der Waals surface area contributed by atoms with Crippen LogP contribution < -0.4 is 0 Å². The predicted octanol–water partition coefficient (Wildman–Crippen LogP) is 6.04. The molecule has 0 aliphatic carbocycles. The van der Waals surface area contributed by atoms with E-state index in [1.807, 2.05) is 0 Å². The molecular weight excluding hydrogens is 340 g/mol. The Balaban J connectivity index is 1.77. The quantitative estimate of drug-likeness (QED) is 0.499. The lowest BCUT2D eigenvalue weighted by Gasteiger charge is -2.09. The Labute approximate surface area is 150 Å². The van der Waals surface area contributed by atoms with E-state index >= 15 is 0 Å². The topological polar surface area (TPSA) is 0 Å². The smallest absolute Gasteiger partial charge is 0.162 e. The number of hydrogen-bond acceptors (Lipinski definition) is 0. The molecule has 0 fully saturated rings. The molecule has 0 atom stereocenters. The molecule has 3 aromatic rings. The van der Waals surface area contributed by atoms with E-state index in [2.05, 4.69) is 0 Å². The van der Waals surface area contributed by atoms with Gasteiger partial charge in [-0.1, -0.05) is 48.5 Å². The Morgan fingerprint density at radius 2 is 0.846 bits per heavy atom. The van der Waals surface area contributed by atoms with Crippen molar-refractivity contribution in [1.29, 1.82) is 0 Å². The second kappa shape index (κ2) is 7.32. The Bertz CT molecular complexity index is 865. The largest absolute Gasteiger partial charge is 0.203 e. The summed E-state index contributed by atoms with van der Waals surface area (Å²) in [4.78, 5) is 0. The van der Waals surface area contributed by atoms with Crippen LogP contribution in [0.15, 0.2) is 48.5 Å². The molecule has 0 spiro atoms. The van der Waals surface area contributed by atoms with Crippen molar-refractivity contribution in [3.8, 4) is 0 Å². The van der Waals surface area contributed by atoms with Crippen LogP contribution >= 0.6 is 0 Å². The van der Waals surface area contributed by atoms with Crippen LogP contribution in [0.1, 0.15) is 33.4 Å². The van der Waals surface area contributed by atoms with Crippen LogP contribution in [0, 0.1) is 37.1 Å². The summed E-state index contributed by atoms with van der Waals surface area (Å²) in [5.74, 6) is -3.30. The third-order valence-corrected chi connectivity index (χ3v) is 4.52. The van der Waals surface area contributed by atoms with Gasteiger partial charge in [0.05, 0.1) is 0 Å². The molecule has 0 heterocycles. The van der Waals surface area contributed by atoms with E-state index in [-0.39, 0.29) is 35.1 Å². The van der Waals surface area contributed by atoms with E-state index in [1.165, 1.54) is 13.8 Å². The second-order valence-electron chi connectivity index (χ2n) is 6.51. The summed E-state index contributed by atoms with van der Waals surface area (Å²) in [5.41, 5.74) is 2.74. The van der Waals surface area contributed by atoms with Crippen molar-refractivity contribution in [2.24, 2.45) is 0 Å². The van der Waals surface area contributed by atoms with Crippen molar-refractivity contribution in [3.05, 3.63) is 105 Å². The van der Waals surface area contributed by atoms with E-state index < -0.39 is 23.3 Å². The lowest BCUT2D eigenvalue weighted by Crippen LogP contribution is -2.00. The normalized spacial score (nSPS) is 11.0. The fraction of sp³-hybridized carbons (Fsp3) is 0.182. The van der Waals surface area contributed by atoms with E-state index in [0.29, 0.717) is 0 Å². The van der Waals surface area contributed by atoms with Crippen LogP contribution in [0.3, 0.4) is 0 Å². The SMILES string of the molecule is Cc1ccc(Cc2ccc(Cc3ccc(C)c(F)c3F)cc2)c(F)c1F. The number of benzene rings is 3. The number of aryl methyl sites for hydroxylation is 2. The first-order valence-electron chi connectivity index (χ1n) is 8.31. The highest BCUT2D eigenvalue weighted by atomic mass is 19.2. The minimum Gasteiger partial charge on any atom is -0.203 e. The van der Waals surface area contributed by atoms with E-state index in [9.17, 15) is 17.6 Å². The molecular formula is C22H18F4. The van der Waals surface area contributed by atoms with Crippen LogP contribution in [-0.4, -0.2) is 0 Å². The average molecular weight is 358 g/mol. The van der Waals surface area contributed by atoms with Gasteiger partial charge in [0.15, 0.2) is 23.3 Å². The first-order chi connectivity index (χ1) is 12.4. The summed E-state index contributed by atoms with van der Waals surface area (Å²) in [6, 6.07) is 13.4. The second-order valence-corrected chi connectivity index (χ2v) is 6.51. The third-order valence-electron chi connectivity index (χ3n) is 4.52. The molecule has 0 bridgehead atoms. The predicted molar refractivity (Wildman–Crippen MR) is 94.2 cm³/mol. The van der Waals surface area contributed by atoms with Crippen LogP contribution in [0.5, 0.6) is 0 Å². The number of halogens is 4. The molecule has 0 amide bonds. The van der Waals surface area contributed by atoms with E-state index in [1.54, 1.807) is 48.5 Å². The van der Waals surface area contributed by atoms with E-state index in [0.717, 1.165) is 11.1 Å². The van der Waals surface area contributed by atoms with Crippen molar-refractivity contribution in [2.75, 3.05) is 0 Å². The van der Waals surface area contributed by atoms with Crippen molar-refractivity contribution >= 4 is 0 Å². The summed E-state index contributed by atoms with van der Waals surface area (Å²) >= 11 is 0. The van der Waals surface area contributed by atoms with Crippen molar-refractivity contribution < 1.29 is 17.6 Å². The molecule has 0 aromatic heterocycles. The Morgan fingerprint density at radius 1 is 0.500 bits per heavy atom. The fourth-order valence-corrected chi connectivity index (χ4v) is 2.86. The van der Waals surface area contributed by atoms with Crippen LogP contribution in [0.2, 0.25) is 0 Å². The molecule has 0 aliphatic rings. The zero-order chi connectivity index (χ0) is 18.8. The Morgan fingerprint density at radius 3 is 1.19 bits per heavy atom. The maximum absolute atomic E-state index is 14.0. The molecule has 0 radical (unpaired) electrons. The monoisotopic (exact) mass is 358 g/mol. The molecule has 3 rings (SSSR count). The maximum Gasteiger partial charge on any atom is 0.162 e. The molecule has 0 nitrogen and oxygen atoms in total. The zero-order valence-corrected chi connectivity index (χ0v) is 14.5. The highest BCUT2D eigenvalue weighted by Crippen LogP contribution is 2.21. The molecule has 0 N–H and O–H groups in total. The standard InChI is InChI=1S/C22H18F4/c1-13-3-9-17(21(25)19(13)23)11-15-5-7-16(8-6-15)12-18-10-4-14(2)20(24)22(18)26/h3-10H,11-12H2,1-2H3. The fourth-order valence-electron chi connectivity index (χ4n) is 2.86. The highest BCUT2D eigenvalue weighted by Gasteiger charge is 2.13. The molecule has 26 heavy (non-hydrogen) atoms. The van der Waals surface area contributed by atoms with Gasteiger partial charge in [-0.15, -0.1) is 0 Å². The van der Waals surface area contributed by atoms with Gasteiger partial charge in [0, 0.05) is 12.8 Å². The van der Waals surface area contributed by atoms with Gasteiger partial charge >= 0.3 is 0 Å². The van der Waals surface area contributed by atoms with Crippen LogP contribution in [0.25, 0.3) is 0 Å². The molecule has 0 aliphatic heterocycles. The third kappa shape index (κ3) is 3.64. The first kappa shape index (κ1) is 18.2. The number of hydrogen-bond donors (Lipinski definition) is 0. The van der Waals surface area contributed by atoms with Crippen molar-refractivity contribution in [1.82, 2.24) is 0 Å². The highest BCUT2D eigenvalue weighted by molar-refractivity contribution is 5.35. The van der Waals surface area contributed by atoms with Gasteiger partial charge in [-0.3, -0.25) is 0 Å². The molecule has 0 unspecified atom stereocenters. The van der Waals surface area contributed by atoms with Gasteiger partial charge in [-0.2, -0.15) is 0 Å². The van der Waals surface area contributed by atoms with E-state index in [4.69, 9.17) is 0 Å². The molecule has 0 saturated heterocycles. The molecule has 134 valence electrons. The summed E-state index contributed by atoms with van der Waals surface area (Å²) in [7, 11) is 0. The van der Waals surface area contributed by atoms with Crippen LogP contribution in [-0.2, 0) is 12.8 Å². The van der Waals surface area contributed by atoms with Gasteiger partial charge in [0.25, 0.3) is 0 Å². The Kier molecular flexibility index (Phi) is 5.12. The minimum absolute atomic E-state index is 0.261. The maximum atomic E-state index is 14.0. The van der Waals surface area contributed by atoms with Crippen LogP contribution in [0.4, 0.5) is 17.6 Å². The summed E-state index contributed by atoms with van der Waals surface area (Å²) < 4.78 is 55.3. The van der Waals surface area contributed by atoms with Crippen molar-refractivity contribution in [3.63, 3.8) is 0 Å². The van der Waals surface area contributed by atoms with Gasteiger partial charge < -0.3 is 0 Å². The van der Waals surface area contributed by atoms with Gasteiger partial charge in [-0.05, 0) is 47.2 Å². The van der Waals surface area contributed by atoms with Gasteiger partial charge in [0.2, 0.25) is 0 Å². The van der Waals surface area contributed by atoms with Gasteiger partial charge in [-0.25, -0.2) is 17.6 Å². The molecule has 3 aromatic carbocycles. The number of rotatable bonds is 4. The first-order valence-corrected chi connectivity index (χ1v) is 8.31. The Hall–Kier alpha value is -2.62. The minimum atomic E-state index is -0.828. The summed E-state index contributed by atoms with van der Waals surface area (Å²) in [6.07, 6.45) is 0.521. The van der Waals surface area contributed by atoms with Crippen molar-refractivity contribution in [2.45, 2.75) is 26.7 Å². The summed E-state index contributed by atoms with van der Waals surface area (Å²) in [5, 5.41) is 0. The average Bonchev–Trinajstić information content (AvgIpc) is 2.64. The lowest BCUT2D eigenvalue weighted by atomic mass is 9.98. The molecule has 4 heteroatoms. The van der Waals surface area contributed by atoms with Gasteiger partial charge in [0.1, 0.15) is 0 Å². The lowest BCUT2D eigenvalue weighted by molar-refractivity contribution is 0.495. The molecule has 0 saturated carbocycles. The summed E-state index contributed by atoms with van der Waals surface area (Å²) in [6.45, 7) is 3.04. The zero-order valence-electron chi connectivity index (χ0n) is 14.5.